The molecule has 1 N–H and O–H groups in total. The van der Waals surface area contributed by atoms with Crippen molar-refractivity contribution in [2.45, 2.75) is 25.6 Å². The van der Waals surface area contributed by atoms with E-state index in [1.165, 1.54) is 23.6 Å². The fourth-order valence-corrected chi connectivity index (χ4v) is 5.92. The van der Waals surface area contributed by atoms with E-state index in [1.54, 1.807) is 6.07 Å². The molecule has 0 radical (unpaired) electrons. The Morgan fingerprint density at radius 3 is 2.54 bits per heavy atom. The van der Waals surface area contributed by atoms with Gasteiger partial charge in [0.05, 0.1) is 17.9 Å². The number of hydrogen-bond acceptors (Lipinski definition) is 7. The van der Waals surface area contributed by atoms with Crippen LogP contribution in [0.4, 0.5) is 10.1 Å². The maximum Gasteiger partial charge on any atom is 0.341 e. The summed E-state index contributed by atoms with van der Waals surface area (Å²) < 4.78 is 19.6. The molecule has 190 valence electrons. The van der Waals surface area contributed by atoms with Gasteiger partial charge in [-0.15, -0.1) is 0 Å². The highest BCUT2D eigenvalue weighted by atomic mass is 32.1. The van der Waals surface area contributed by atoms with Gasteiger partial charge in [0.15, 0.2) is 3.95 Å². The minimum Gasteiger partial charge on any atom is -0.477 e. The average molecular weight is 538 g/mol. The summed E-state index contributed by atoms with van der Waals surface area (Å²) in [6.45, 7) is 3.17. The molecule has 6 rings (SSSR count). The van der Waals surface area contributed by atoms with Crippen molar-refractivity contribution in [3.8, 4) is 10.6 Å². The van der Waals surface area contributed by atoms with E-state index in [9.17, 15) is 14.7 Å². The lowest BCUT2D eigenvalue weighted by atomic mass is 10.1. The summed E-state index contributed by atoms with van der Waals surface area (Å²) in [6.07, 6.45) is 3.23. The lowest BCUT2D eigenvalue weighted by Crippen LogP contribution is -2.47. The summed E-state index contributed by atoms with van der Waals surface area (Å²) in [6, 6.07) is 13.0. The number of anilines is 1. The predicted octanol–water partition coefficient (Wildman–Crippen LogP) is 4.61. The molecule has 2 aromatic heterocycles. The summed E-state index contributed by atoms with van der Waals surface area (Å²) in [4.78, 5) is 28.5. The quantitative estimate of drug-likeness (QED) is 0.360. The van der Waals surface area contributed by atoms with Crippen LogP contribution < -0.4 is 10.3 Å². The fraction of sp³-hybridized carbons (Fsp3) is 0.308. The van der Waals surface area contributed by atoms with Gasteiger partial charge in [-0.3, -0.25) is 9.69 Å². The number of fused-ring (bicyclic) bond motifs is 1. The third-order valence-corrected chi connectivity index (χ3v) is 8.30. The van der Waals surface area contributed by atoms with Gasteiger partial charge in [-0.25, -0.2) is 13.9 Å². The first-order valence-corrected chi connectivity index (χ1v) is 13.3. The Balaban J connectivity index is 1.22. The molecule has 1 aliphatic heterocycles. The third-order valence-electron chi connectivity index (χ3n) is 6.95. The van der Waals surface area contributed by atoms with Crippen molar-refractivity contribution >= 4 is 46.1 Å². The van der Waals surface area contributed by atoms with E-state index >= 15 is 4.39 Å². The number of rotatable bonds is 6. The molecule has 4 aromatic rings. The van der Waals surface area contributed by atoms with E-state index in [4.69, 9.17) is 17.3 Å². The summed E-state index contributed by atoms with van der Waals surface area (Å²) in [5.74, 6) is -1.81. The zero-order valence-electron chi connectivity index (χ0n) is 19.8. The normalized spacial score (nSPS) is 16.4. The first kappa shape index (κ1) is 24.0. The number of halogens is 1. The van der Waals surface area contributed by atoms with Crippen molar-refractivity contribution in [1.29, 1.82) is 0 Å². The number of carboxylic acid groups (broad SMARTS) is 1. The molecule has 1 saturated carbocycles. The monoisotopic (exact) mass is 537 g/mol. The molecule has 1 saturated heterocycles. The molecular formula is C26H24FN5O3S2. The van der Waals surface area contributed by atoms with E-state index in [0.717, 1.165) is 23.4 Å². The van der Waals surface area contributed by atoms with Gasteiger partial charge in [-0.1, -0.05) is 41.7 Å². The van der Waals surface area contributed by atoms with Gasteiger partial charge < -0.3 is 14.6 Å². The number of aromatic carboxylic acids is 1. The second-order valence-corrected chi connectivity index (χ2v) is 11.0. The Morgan fingerprint density at radius 2 is 1.86 bits per heavy atom. The van der Waals surface area contributed by atoms with Crippen molar-refractivity contribution < 1.29 is 14.3 Å². The predicted molar refractivity (Wildman–Crippen MR) is 144 cm³/mol. The lowest BCUT2D eigenvalue weighted by Gasteiger charge is -2.36. The molecule has 11 heteroatoms. The van der Waals surface area contributed by atoms with E-state index < -0.39 is 17.2 Å². The van der Waals surface area contributed by atoms with Crippen molar-refractivity contribution in [3.63, 3.8) is 0 Å². The van der Waals surface area contributed by atoms with Crippen molar-refractivity contribution in [3.05, 3.63) is 74.2 Å². The van der Waals surface area contributed by atoms with Crippen molar-refractivity contribution in [2.75, 3.05) is 31.1 Å². The maximum atomic E-state index is 15.2. The van der Waals surface area contributed by atoms with Crippen LogP contribution in [0.2, 0.25) is 0 Å². The molecule has 37 heavy (non-hydrogen) atoms. The minimum absolute atomic E-state index is 0.110. The fourth-order valence-electron chi connectivity index (χ4n) is 4.82. The van der Waals surface area contributed by atoms with Crippen LogP contribution in [-0.4, -0.2) is 56.5 Å². The Hall–Kier alpha value is -3.41. The lowest BCUT2D eigenvalue weighted by molar-refractivity contribution is 0.0695. The van der Waals surface area contributed by atoms with Crippen LogP contribution in [0.15, 0.2) is 53.5 Å². The Morgan fingerprint density at radius 1 is 1.14 bits per heavy atom. The number of aromatic nitrogens is 3. The number of benzene rings is 2. The van der Waals surface area contributed by atoms with Crippen LogP contribution >= 0.6 is 23.6 Å². The Kier molecular flexibility index (Phi) is 6.13. The van der Waals surface area contributed by atoms with E-state index in [-0.39, 0.29) is 17.0 Å². The molecule has 3 heterocycles. The molecule has 0 bridgehead atoms. The standard InChI is InChI=1S/C26H24FN5O3S2/c27-20-12-18-21(31(17-6-7-17)14-19(23(18)33)25(34)35)13-22(20)30-10-8-29(9-11-30)15-32-26(36)37-24(28-32)16-4-2-1-3-5-16/h1-5,12-14,17H,6-11,15H2,(H,34,35). The van der Waals surface area contributed by atoms with Crippen LogP contribution in [0.1, 0.15) is 29.2 Å². The second-order valence-electron chi connectivity index (χ2n) is 9.42. The van der Waals surface area contributed by atoms with E-state index in [2.05, 4.69) is 4.90 Å². The Bertz CT molecular complexity index is 1620. The topological polar surface area (TPSA) is 83.6 Å². The minimum atomic E-state index is -1.29. The maximum absolute atomic E-state index is 15.2. The summed E-state index contributed by atoms with van der Waals surface area (Å²) >= 11 is 7.03. The van der Waals surface area contributed by atoms with Crippen molar-refractivity contribution in [2.24, 2.45) is 0 Å². The number of nitrogens with zero attached hydrogens (tertiary/aromatic N) is 5. The van der Waals surface area contributed by atoms with Gasteiger partial charge in [-0.05, 0) is 37.2 Å². The van der Waals surface area contributed by atoms with Gasteiger partial charge in [-0.2, -0.15) is 5.10 Å². The van der Waals surface area contributed by atoms with Gasteiger partial charge in [0.25, 0.3) is 0 Å². The molecule has 0 atom stereocenters. The molecule has 2 fully saturated rings. The molecule has 8 nitrogen and oxygen atoms in total. The molecule has 1 aliphatic carbocycles. The smallest absolute Gasteiger partial charge is 0.341 e. The number of carboxylic acids is 1. The average Bonchev–Trinajstić information content (AvgIpc) is 3.68. The number of piperazine rings is 1. The number of hydrogen-bond donors (Lipinski definition) is 1. The van der Waals surface area contributed by atoms with Gasteiger partial charge in [0, 0.05) is 49.4 Å². The summed E-state index contributed by atoms with van der Waals surface area (Å²) in [5.41, 5.74) is 1.08. The van der Waals surface area contributed by atoms with Gasteiger partial charge in [0.1, 0.15) is 16.4 Å². The van der Waals surface area contributed by atoms with Crippen LogP contribution in [0.3, 0.4) is 0 Å². The summed E-state index contributed by atoms with van der Waals surface area (Å²) in [7, 11) is 0. The molecule has 0 unspecified atom stereocenters. The second kappa shape index (κ2) is 9.47. The van der Waals surface area contributed by atoms with Crippen LogP contribution in [-0.2, 0) is 6.67 Å². The SMILES string of the molecule is O=C(O)c1cn(C2CC2)c2cc(N3CCN(Cn4nc(-c5ccccc5)sc4=S)CC3)c(F)cc2c1=O. The first-order valence-electron chi connectivity index (χ1n) is 12.1. The zero-order valence-corrected chi connectivity index (χ0v) is 21.5. The highest BCUT2D eigenvalue weighted by Gasteiger charge is 2.28. The van der Waals surface area contributed by atoms with E-state index in [1.807, 2.05) is 44.5 Å². The molecule has 0 amide bonds. The third kappa shape index (κ3) is 4.58. The van der Waals surface area contributed by atoms with Crippen LogP contribution in [0, 0.1) is 9.77 Å². The van der Waals surface area contributed by atoms with Crippen molar-refractivity contribution in [1.82, 2.24) is 19.2 Å². The molecule has 2 aromatic carbocycles. The first-order chi connectivity index (χ1) is 17.9. The molecular weight excluding hydrogens is 513 g/mol. The number of pyridine rings is 1. The van der Waals surface area contributed by atoms with E-state index in [0.29, 0.717) is 48.0 Å². The van der Waals surface area contributed by atoms with Gasteiger partial charge in [0.2, 0.25) is 5.43 Å². The highest BCUT2D eigenvalue weighted by Crippen LogP contribution is 2.38. The van der Waals surface area contributed by atoms with Gasteiger partial charge >= 0.3 is 5.97 Å². The van der Waals surface area contributed by atoms with Crippen LogP contribution in [0.25, 0.3) is 21.5 Å². The molecule has 0 spiro atoms. The zero-order chi connectivity index (χ0) is 25.7. The van der Waals surface area contributed by atoms with Crippen LogP contribution in [0.5, 0.6) is 0 Å². The highest BCUT2D eigenvalue weighted by molar-refractivity contribution is 7.73. The molecule has 2 aliphatic rings. The summed E-state index contributed by atoms with van der Waals surface area (Å²) in [5, 5.41) is 15.1. The largest absolute Gasteiger partial charge is 0.477 e. The number of carbonyl (C=O) groups is 1. The Labute approximate surface area is 220 Å².